The van der Waals surface area contributed by atoms with Crippen molar-refractivity contribution in [1.29, 1.82) is 0 Å². The molecule has 0 N–H and O–H groups in total. The van der Waals surface area contributed by atoms with Crippen molar-refractivity contribution in [2.45, 2.75) is 52.5 Å². The maximum Gasteiger partial charge on any atom is 0.327 e. The number of likely N-dealkylation sites (tertiary alicyclic amines) is 1. The lowest BCUT2D eigenvalue weighted by atomic mass is 9.91. The maximum absolute atomic E-state index is 12.5. The quantitative estimate of drug-likeness (QED) is 0.727. The second-order valence-corrected chi connectivity index (χ2v) is 8.09. The van der Waals surface area contributed by atoms with Gasteiger partial charge in [0.1, 0.15) is 6.04 Å². The number of rotatable bonds is 2. The predicted molar refractivity (Wildman–Crippen MR) is 85.6 cm³/mol. The number of hydrogen-bond donors (Lipinski definition) is 0. The molecule has 0 aliphatic carbocycles. The number of amides is 4. The smallest absolute Gasteiger partial charge is 0.327 e. The first kappa shape index (κ1) is 16.3. The van der Waals surface area contributed by atoms with E-state index in [0.717, 1.165) is 32.2 Å². The Bertz CT molecular complexity index is 504. The molecule has 0 spiro atoms. The summed E-state index contributed by atoms with van der Waals surface area (Å²) in [5.41, 5.74) is -0.385. The Morgan fingerprint density at radius 2 is 1.83 bits per heavy atom. The highest BCUT2D eigenvalue weighted by molar-refractivity contribution is 6.04. The summed E-state index contributed by atoms with van der Waals surface area (Å²) in [4.78, 5) is 42.3. The van der Waals surface area contributed by atoms with E-state index in [-0.39, 0.29) is 35.2 Å². The van der Waals surface area contributed by atoms with Gasteiger partial charge in [0, 0.05) is 31.6 Å². The van der Waals surface area contributed by atoms with Gasteiger partial charge in [-0.25, -0.2) is 4.79 Å². The van der Waals surface area contributed by atoms with Crippen LogP contribution >= 0.6 is 0 Å². The predicted octanol–water partition coefficient (Wildman–Crippen LogP) is 1.70. The van der Waals surface area contributed by atoms with Crippen molar-refractivity contribution in [2.24, 2.45) is 11.3 Å². The highest BCUT2D eigenvalue weighted by atomic mass is 16.2. The van der Waals surface area contributed by atoms with Gasteiger partial charge in [-0.1, -0.05) is 20.8 Å². The minimum Gasteiger partial charge on any atom is -0.342 e. The molecule has 3 saturated heterocycles. The van der Waals surface area contributed by atoms with Gasteiger partial charge in [0.15, 0.2) is 0 Å². The SMILES string of the molecule is CC(C)(C)C(=O)N1CCCC(CN2C(=O)C3CCCN3C2=O)C1. The molecule has 6 heteroatoms. The van der Waals surface area contributed by atoms with Gasteiger partial charge in [-0.2, -0.15) is 0 Å². The van der Waals surface area contributed by atoms with Gasteiger partial charge in [-0.05, 0) is 31.6 Å². The number of carbonyl (C=O) groups excluding carboxylic acids is 3. The Balaban J connectivity index is 1.63. The van der Waals surface area contributed by atoms with E-state index in [4.69, 9.17) is 0 Å². The van der Waals surface area contributed by atoms with Crippen molar-refractivity contribution < 1.29 is 14.4 Å². The third-order valence-electron chi connectivity index (χ3n) is 5.17. The summed E-state index contributed by atoms with van der Waals surface area (Å²) in [6.07, 6.45) is 3.62. The zero-order valence-corrected chi connectivity index (χ0v) is 14.4. The summed E-state index contributed by atoms with van der Waals surface area (Å²) in [6, 6.07) is -0.352. The molecule has 2 atom stereocenters. The second-order valence-electron chi connectivity index (χ2n) is 8.09. The Morgan fingerprint density at radius 3 is 2.48 bits per heavy atom. The lowest BCUT2D eigenvalue weighted by molar-refractivity contribution is -0.141. The molecule has 0 aromatic rings. The van der Waals surface area contributed by atoms with Gasteiger partial charge in [0.25, 0.3) is 5.91 Å². The minimum absolute atomic E-state index is 0.0354. The van der Waals surface area contributed by atoms with Gasteiger partial charge in [-0.3, -0.25) is 14.5 Å². The van der Waals surface area contributed by atoms with E-state index in [0.29, 0.717) is 19.6 Å². The van der Waals surface area contributed by atoms with Crippen molar-refractivity contribution in [3.8, 4) is 0 Å². The third-order valence-corrected chi connectivity index (χ3v) is 5.17. The van der Waals surface area contributed by atoms with Crippen LogP contribution in [-0.4, -0.2) is 64.8 Å². The largest absolute Gasteiger partial charge is 0.342 e. The number of nitrogens with zero attached hydrogens (tertiary/aromatic N) is 3. The summed E-state index contributed by atoms with van der Waals surface area (Å²) >= 11 is 0. The number of carbonyl (C=O) groups is 3. The molecule has 4 amide bonds. The first-order chi connectivity index (χ1) is 10.8. The van der Waals surface area contributed by atoms with Crippen molar-refractivity contribution in [3.63, 3.8) is 0 Å². The highest BCUT2D eigenvalue weighted by Crippen LogP contribution is 2.30. The molecule has 128 valence electrons. The fourth-order valence-electron chi connectivity index (χ4n) is 3.98. The van der Waals surface area contributed by atoms with E-state index in [9.17, 15) is 14.4 Å². The van der Waals surface area contributed by atoms with Crippen molar-refractivity contribution in [1.82, 2.24) is 14.7 Å². The van der Waals surface area contributed by atoms with Crippen LogP contribution in [0, 0.1) is 11.3 Å². The van der Waals surface area contributed by atoms with Gasteiger partial charge < -0.3 is 9.80 Å². The number of urea groups is 1. The minimum atomic E-state index is -0.385. The van der Waals surface area contributed by atoms with Crippen molar-refractivity contribution in [2.75, 3.05) is 26.2 Å². The van der Waals surface area contributed by atoms with Crippen LogP contribution in [0.3, 0.4) is 0 Å². The van der Waals surface area contributed by atoms with Gasteiger partial charge >= 0.3 is 6.03 Å². The maximum atomic E-state index is 12.5. The van der Waals surface area contributed by atoms with E-state index in [1.807, 2.05) is 25.7 Å². The molecule has 3 heterocycles. The Labute approximate surface area is 137 Å². The van der Waals surface area contributed by atoms with E-state index < -0.39 is 0 Å². The normalized spacial score (nSPS) is 28.6. The van der Waals surface area contributed by atoms with Crippen LogP contribution in [0.15, 0.2) is 0 Å². The standard InChI is InChI=1S/C17H27N3O3/c1-17(2,3)15(22)18-8-4-6-12(10-18)11-20-14(21)13-7-5-9-19(13)16(20)23/h12-13H,4-11H2,1-3H3. The Hall–Kier alpha value is -1.59. The van der Waals surface area contributed by atoms with Crippen LogP contribution < -0.4 is 0 Å². The summed E-state index contributed by atoms with van der Waals surface area (Å²) in [6.45, 7) is 8.38. The Kier molecular flexibility index (Phi) is 4.10. The zero-order chi connectivity index (χ0) is 16.8. The lowest BCUT2D eigenvalue weighted by Gasteiger charge is -2.37. The molecule has 0 bridgehead atoms. The molecule has 3 aliphatic heterocycles. The van der Waals surface area contributed by atoms with Crippen LogP contribution in [0.5, 0.6) is 0 Å². The fraction of sp³-hybridized carbons (Fsp3) is 0.824. The topological polar surface area (TPSA) is 60.9 Å². The average Bonchev–Trinajstić information content (AvgIpc) is 3.06. The molecule has 3 rings (SSSR count). The molecule has 3 aliphatic rings. The lowest BCUT2D eigenvalue weighted by Crippen LogP contribution is -2.48. The summed E-state index contributed by atoms with van der Waals surface area (Å²) in [7, 11) is 0. The van der Waals surface area contributed by atoms with Crippen LogP contribution in [0.4, 0.5) is 4.79 Å². The molecule has 0 saturated carbocycles. The summed E-state index contributed by atoms with van der Waals surface area (Å²) in [5, 5.41) is 0. The zero-order valence-electron chi connectivity index (χ0n) is 14.4. The highest BCUT2D eigenvalue weighted by Gasteiger charge is 2.48. The fourth-order valence-corrected chi connectivity index (χ4v) is 3.98. The molecular weight excluding hydrogens is 294 g/mol. The molecule has 6 nitrogen and oxygen atoms in total. The summed E-state index contributed by atoms with van der Waals surface area (Å²) in [5.74, 6) is 0.316. The molecule has 0 aromatic heterocycles. The summed E-state index contributed by atoms with van der Waals surface area (Å²) < 4.78 is 0. The molecule has 0 radical (unpaired) electrons. The first-order valence-electron chi connectivity index (χ1n) is 8.70. The van der Waals surface area contributed by atoms with Gasteiger partial charge in [0.05, 0.1) is 0 Å². The second kappa shape index (κ2) is 5.80. The number of piperidine rings is 1. The van der Waals surface area contributed by atoms with Crippen molar-refractivity contribution in [3.05, 3.63) is 0 Å². The van der Waals surface area contributed by atoms with Crippen molar-refractivity contribution >= 4 is 17.8 Å². The molecule has 0 aromatic carbocycles. The van der Waals surface area contributed by atoms with Gasteiger partial charge in [-0.15, -0.1) is 0 Å². The van der Waals surface area contributed by atoms with Crippen LogP contribution in [-0.2, 0) is 9.59 Å². The van der Waals surface area contributed by atoms with E-state index >= 15 is 0 Å². The third kappa shape index (κ3) is 2.95. The van der Waals surface area contributed by atoms with Crippen LogP contribution in [0.2, 0.25) is 0 Å². The molecule has 3 fully saturated rings. The number of hydrogen-bond acceptors (Lipinski definition) is 3. The first-order valence-corrected chi connectivity index (χ1v) is 8.70. The van der Waals surface area contributed by atoms with Gasteiger partial charge in [0.2, 0.25) is 5.91 Å². The van der Waals surface area contributed by atoms with Crippen LogP contribution in [0.1, 0.15) is 46.5 Å². The van der Waals surface area contributed by atoms with E-state index in [1.54, 1.807) is 4.90 Å². The molecular formula is C17H27N3O3. The van der Waals surface area contributed by atoms with E-state index in [1.165, 1.54) is 4.90 Å². The number of imide groups is 1. The Morgan fingerprint density at radius 1 is 1.13 bits per heavy atom. The van der Waals surface area contributed by atoms with E-state index in [2.05, 4.69) is 0 Å². The molecule has 23 heavy (non-hydrogen) atoms. The van der Waals surface area contributed by atoms with Crippen LogP contribution in [0.25, 0.3) is 0 Å². The number of fused-ring (bicyclic) bond motifs is 1. The monoisotopic (exact) mass is 321 g/mol. The molecule has 2 unspecified atom stereocenters. The average molecular weight is 321 g/mol.